The Morgan fingerprint density at radius 2 is 1.90 bits per heavy atom. The van der Waals surface area contributed by atoms with Crippen molar-refractivity contribution in [2.45, 2.75) is 26.3 Å². The molecular formula is C14H14F3N3. The zero-order chi connectivity index (χ0) is 14.4. The summed E-state index contributed by atoms with van der Waals surface area (Å²) in [5.41, 5.74) is 6.08. The highest BCUT2D eigenvalue weighted by Crippen LogP contribution is 2.33. The highest BCUT2D eigenvalue weighted by atomic mass is 19.2. The first-order chi connectivity index (χ1) is 9.47. The Bertz CT molecular complexity index is 679. The second-order valence-electron chi connectivity index (χ2n) is 5.26. The molecule has 3 rings (SSSR count). The van der Waals surface area contributed by atoms with Gasteiger partial charge in [0.1, 0.15) is 23.2 Å². The minimum Gasteiger partial charge on any atom is -0.383 e. The van der Waals surface area contributed by atoms with Crippen LogP contribution in [0.3, 0.4) is 0 Å². The highest BCUT2D eigenvalue weighted by molar-refractivity contribution is 5.71. The summed E-state index contributed by atoms with van der Waals surface area (Å²) in [7, 11) is 0. The Kier molecular flexibility index (Phi) is 2.96. The lowest BCUT2D eigenvalue weighted by molar-refractivity contribution is 0.397. The van der Waals surface area contributed by atoms with E-state index in [9.17, 15) is 13.2 Å². The van der Waals surface area contributed by atoms with Gasteiger partial charge < -0.3 is 10.3 Å². The molecule has 1 atom stereocenters. The molecule has 0 saturated heterocycles. The molecule has 0 fully saturated rings. The van der Waals surface area contributed by atoms with Gasteiger partial charge in [-0.25, -0.2) is 18.2 Å². The molecule has 0 amide bonds. The van der Waals surface area contributed by atoms with Gasteiger partial charge in [0.25, 0.3) is 0 Å². The van der Waals surface area contributed by atoms with E-state index in [-0.39, 0.29) is 11.3 Å². The zero-order valence-electron chi connectivity index (χ0n) is 11.0. The number of imidazole rings is 1. The van der Waals surface area contributed by atoms with Crippen LogP contribution in [0.25, 0.3) is 11.3 Å². The maximum Gasteiger partial charge on any atom is 0.161 e. The number of anilines is 1. The molecule has 6 heteroatoms. The van der Waals surface area contributed by atoms with Gasteiger partial charge in [0.05, 0.1) is 0 Å². The lowest BCUT2D eigenvalue weighted by Crippen LogP contribution is -2.19. The Morgan fingerprint density at radius 1 is 1.20 bits per heavy atom. The number of rotatable bonds is 1. The van der Waals surface area contributed by atoms with Crippen LogP contribution < -0.4 is 5.73 Å². The van der Waals surface area contributed by atoms with Crippen LogP contribution in [0.15, 0.2) is 12.1 Å². The van der Waals surface area contributed by atoms with Crippen LogP contribution in [-0.2, 0) is 13.0 Å². The molecule has 3 nitrogen and oxygen atoms in total. The maximum absolute atomic E-state index is 13.8. The summed E-state index contributed by atoms with van der Waals surface area (Å²) in [6.07, 6.45) is 1.73. The van der Waals surface area contributed by atoms with Gasteiger partial charge >= 0.3 is 0 Å². The Balaban J connectivity index is 2.14. The molecule has 20 heavy (non-hydrogen) atoms. The molecule has 106 valence electrons. The number of hydrogen-bond acceptors (Lipinski definition) is 2. The molecular weight excluding hydrogens is 267 g/mol. The van der Waals surface area contributed by atoms with Crippen LogP contribution >= 0.6 is 0 Å². The van der Waals surface area contributed by atoms with Gasteiger partial charge in [-0.2, -0.15) is 0 Å². The number of benzene rings is 1. The SMILES string of the molecule is CC1CCc2nc(-c3cc(F)c(F)cc3F)c(N)n2C1. The maximum atomic E-state index is 13.8. The van der Waals surface area contributed by atoms with E-state index < -0.39 is 17.5 Å². The smallest absolute Gasteiger partial charge is 0.161 e. The number of fused-ring (bicyclic) bond motifs is 1. The number of aromatic nitrogens is 2. The monoisotopic (exact) mass is 281 g/mol. The van der Waals surface area contributed by atoms with Gasteiger partial charge in [-0.1, -0.05) is 6.92 Å². The van der Waals surface area contributed by atoms with Crippen LogP contribution in [0.2, 0.25) is 0 Å². The van der Waals surface area contributed by atoms with E-state index >= 15 is 0 Å². The van der Waals surface area contributed by atoms with Gasteiger partial charge in [0.15, 0.2) is 11.6 Å². The van der Waals surface area contributed by atoms with E-state index in [2.05, 4.69) is 11.9 Å². The number of halogens is 3. The Labute approximate surface area is 114 Å². The molecule has 1 aliphatic heterocycles. The molecule has 0 saturated carbocycles. The molecule has 2 aromatic rings. The zero-order valence-corrected chi connectivity index (χ0v) is 11.0. The summed E-state index contributed by atoms with van der Waals surface area (Å²) in [6.45, 7) is 2.81. The molecule has 2 heterocycles. The average Bonchev–Trinajstić information content (AvgIpc) is 2.71. The van der Waals surface area contributed by atoms with Crippen molar-refractivity contribution in [3.63, 3.8) is 0 Å². The minimum absolute atomic E-state index is 0.101. The molecule has 0 bridgehead atoms. The summed E-state index contributed by atoms with van der Waals surface area (Å²) in [5.74, 6) is -1.67. The number of hydrogen-bond donors (Lipinski definition) is 1. The minimum atomic E-state index is -1.22. The van der Waals surface area contributed by atoms with E-state index in [0.29, 0.717) is 24.3 Å². The quantitative estimate of drug-likeness (QED) is 0.816. The van der Waals surface area contributed by atoms with Crippen LogP contribution in [-0.4, -0.2) is 9.55 Å². The number of aryl methyl sites for hydroxylation is 1. The number of nitrogens with two attached hydrogens (primary N) is 1. The van der Waals surface area contributed by atoms with Crippen molar-refractivity contribution in [3.8, 4) is 11.3 Å². The highest BCUT2D eigenvalue weighted by Gasteiger charge is 2.24. The Morgan fingerprint density at radius 3 is 2.65 bits per heavy atom. The molecule has 0 spiro atoms. The molecule has 1 aromatic carbocycles. The van der Waals surface area contributed by atoms with Crippen molar-refractivity contribution in [2.24, 2.45) is 5.92 Å². The van der Waals surface area contributed by atoms with Crippen LogP contribution in [0.1, 0.15) is 19.2 Å². The predicted molar refractivity (Wildman–Crippen MR) is 69.4 cm³/mol. The van der Waals surface area contributed by atoms with Crippen molar-refractivity contribution in [2.75, 3.05) is 5.73 Å². The molecule has 1 unspecified atom stereocenters. The van der Waals surface area contributed by atoms with Crippen LogP contribution in [0.5, 0.6) is 0 Å². The van der Waals surface area contributed by atoms with Crippen LogP contribution in [0.4, 0.5) is 19.0 Å². The predicted octanol–water partition coefficient (Wildman–Crippen LogP) is 3.13. The van der Waals surface area contributed by atoms with Gasteiger partial charge in [0.2, 0.25) is 0 Å². The van der Waals surface area contributed by atoms with Crippen LogP contribution in [0, 0.1) is 23.4 Å². The summed E-state index contributed by atoms with van der Waals surface area (Å²) in [5, 5.41) is 0. The van der Waals surface area contributed by atoms with Crippen molar-refractivity contribution in [1.82, 2.24) is 9.55 Å². The van der Waals surface area contributed by atoms with Crippen molar-refractivity contribution in [1.29, 1.82) is 0 Å². The third kappa shape index (κ3) is 1.95. The second-order valence-corrected chi connectivity index (χ2v) is 5.26. The third-order valence-electron chi connectivity index (χ3n) is 3.71. The fraction of sp³-hybridized carbons (Fsp3) is 0.357. The molecule has 0 aliphatic carbocycles. The van der Waals surface area contributed by atoms with E-state index in [0.717, 1.165) is 24.7 Å². The molecule has 1 aliphatic rings. The first-order valence-corrected chi connectivity index (χ1v) is 6.47. The average molecular weight is 281 g/mol. The lowest BCUT2D eigenvalue weighted by atomic mass is 10.0. The van der Waals surface area contributed by atoms with E-state index in [4.69, 9.17) is 5.73 Å². The van der Waals surface area contributed by atoms with Gasteiger partial charge in [-0.3, -0.25) is 0 Å². The molecule has 0 radical (unpaired) electrons. The number of nitrogens with zero attached hydrogens (tertiary/aromatic N) is 2. The Hall–Kier alpha value is -1.98. The van der Waals surface area contributed by atoms with Gasteiger partial charge in [0, 0.05) is 24.6 Å². The fourth-order valence-electron chi connectivity index (χ4n) is 2.59. The fourth-order valence-corrected chi connectivity index (χ4v) is 2.59. The van der Waals surface area contributed by atoms with Crippen molar-refractivity contribution in [3.05, 3.63) is 35.4 Å². The normalized spacial score (nSPS) is 18.1. The second kappa shape index (κ2) is 4.54. The van der Waals surface area contributed by atoms with E-state index in [1.165, 1.54) is 0 Å². The number of nitrogen functional groups attached to an aromatic ring is 1. The molecule has 2 N–H and O–H groups in total. The summed E-state index contributed by atoms with van der Waals surface area (Å²) in [4.78, 5) is 4.30. The van der Waals surface area contributed by atoms with Crippen molar-refractivity contribution < 1.29 is 13.2 Å². The van der Waals surface area contributed by atoms with Gasteiger partial charge in [-0.05, 0) is 18.4 Å². The largest absolute Gasteiger partial charge is 0.383 e. The lowest BCUT2D eigenvalue weighted by Gasteiger charge is -2.20. The third-order valence-corrected chi connectivity index (χ3v) is 3.71. The standard InChI is InChI=1S/C14H14F3N3/c1-7-2-3-12-19-13(14(18)20(12)6-7)8-4-10(16)11(17)5-9(8)15/h4-5,7H,2-3,6,18H2,1H3. The summed E-state index contributed by atoms with van der Waals surface area (Å²) in [6, 6.07) is 1.32. The van der Waals surface area contributed by atoms with Crippen molar-refractivity contribution >= 4 is 5.82 Å². The van der Waals surface area contributed by atoms with E-state index in [1.807, 2.05) is 4.57 Å². The van der Waals surface area contributed by atoms with E-state index in [1.54, 1.807) is 0 Å². The summed E-state index contributed by atoms with van der Waals surface area (Å²) >= 11 is 0. The summed E-state index contributed by atoms with van der Waals surface area (Å²) < 4.78 is 41.9. The first kappa shape index (κ1) is 13.0. The topological polar surface area (TPSA) is 43.8 Å². The molecule has 1 aromatic heterocycles. The first-order valence-electron chi connectivity index (χ1n) is 6.47. The van der Waals surface area contributed by atoms with Gasteiger partial charge in [-0.15, -0.1) is 0 Å².